The molecule has 3 amide bonds. The highest BCUT2D eigenvalue weighted by Crippen LogP contribution is 2.43. The average molecular weight is 505 g/mol. The van der Waals surface area contributed by atoms with E-state index in [-0.39, 0.29) is 11.3 Å². The van der Waals surface area contributed by atoms with Crippen LogP contribution in [0.3, 0.4) is 0 Å². The predicted octanol–water partition coefficient (Wildman–Crippen LogP) is 2.80. The van der Waals surface area contributed by atoms with Crippen molar-refractivity contribution in [2.24, 2.45) is 5.92 Å². The molecule has 34 heavy (non-hydrogen) atoms. The normalized spacial score (nSPS) is 17.9. The second-order valence-electron chi connectivity index (χ2n) is 7.57. The first kappa shape index (κ1) is 27.1. The summed E-state index contributed by atoms with van der Waals surface area (Å²) >= 11 is 0. The van der Waals surface area contributed by atoms with E-state index in [2.05, 4.69) is 0 Å². The molecule has 0 radical (unpaired) electrons. The van der Waals surface area contributed by atoms with Crippen molar-refractivity contribution < 1.29 is 54.2 Å². The Morgan fingerprint density at radius 2 is 1.71 bits per heavy atom. The zero-order valence-electron chi connectivity index (χ0n) is 17.8. The molecule has 1 aliphatic heterocycles. The number of likely N-dealkylation sites (N-methyl/N-ethyl adjacent to an activating group) is 1. The fraction of sp³-hybridized carbons (Fsp3) is 0.526. The van der Waals surface area contributed by atoms with E-state index in [4.69, 9.17) is 4.74 Å². The number of hydrogen-bond acceptors (Lipinski definition) is 4. The van der Waals surface area contributed by atoms with Gasteiger partial charge >= 0.3 is 18.3 Å². The molecule has 1 aliphatic rings. The lowest BCUT2D eigenvalue weighted by molar-refractivity contribution is -0.278. The molecule has 2 N–H and O–H groups in total. The molecule has 0 saturated carbocycles. The number of ether oxygens (including phenoxy) is 1. The highest BCUT2D eigenvalue weighted by Gasteiger charge is 2.57. The number of aryl methyl sites for hydroxylation is 1. The summed E-state index contributed by atoms with van der Waals surface area (Å²) in [5.74, 6) is -11.4. The Hall–Kier alpha value is -3.13. The fourth-order valence-electron chi connectivity index (χ4n) is 2.93. The summed E-state index contributed by atoms with van der Waals surface area (Å²) in [6.07, 6.45) is -10.8. The number of rotatable bonds is 5. The lowest BCUT2D eigenvalue weighted by Gasteiger charge is -2.23. The topological polar surface area (TPSA) is 87.7 Å². The van der Waals surface area contributed by atoms with E-state index in [1.54, 1.807) is 0 Å². The van der Waals surface area contributed by atoms with Crippen LogP contribution in [0.5, 0.6) is 5.75 Å². The Balaban J connectivity index is 2.15. The quantitative estimate of drug-likeness (QED) is 0.476. The Bertz CT molecular complexity index is 978. The SMILES string of the molecule is Cc1cc2c(c(C(F)(F)F)c1)OC[C@H](NC(=O)C(C)C(=O)NCC(F)(F)C(F)(F)F)C(=O)N2C. The number of amides is 3. The van der Waals surface area contributed by atoms with Crippen LogP contribution in [0.15, 0.2) is 12.1 Å². The molecule has 1 unspecified atom stereocenters. The second-order valence-corrected chi connectivity index (χ2v) is 7.57. The van der Waals surface area contributed by atoms with E-state index >= 15 is 0 Å². The van der Waals surface area contributed by atoms with Gasteiger partial charge < -0.3 is 20.3 Å². The van der Waals surface area contributed by atoms with Crippen molar-refractivity contribution in [1.82, 2.24) is 10.6 Å². The van der Waals surface area contributed by atoms with Crippen LogP contribution in [-0.4, -0.2) is 56.1 Å². The van der Waals surface area contributed by atoms with Crippen LogP contribution >= 0.6 is 0 Å². The molecule has 0 bridgehead atoms. The van der Waals surface area contributed by atoms with Crippen LogP contribution < -0.4 is 20.3 Å². The van der Waals surface area contributed by atoms with Gasteiger partial charge in [0.1, 0.15) is 18.6 Å². The summed E-state index contributed by atoms with van der Waals surface area (Å²) in [5, 5.41) is 3.35. The van der Waals surface area contributed by atoms with Crippen molar-refractivity contribution in [2.75, 3.05) is 25.1 Å². The highest BCUT2D eigenvalue weighted by atomic mass is 19.4. The molecule has 0 saturated heterocycles. The van der Waals surface area contributed by atoms with Gasteiger partial charge in [-0.1, -0.05) is 0 Å². The van der Waals surface area contributed by atoms with E-state index in [0.717, 1.165) is 24.9 Å². The smallest absolute Gasteiger partial charge is 0.455 e. The van der Waals surface area contributed by atoms with Crippen LogP contribution in [0.1, 0.15) is 18.1 Å². The molecule has 2 atom stereocenters. The predicted molar refractivity (Wildman–Crippen MR) is 100 cm³/mol. The van der Waals surface area contributed by atoms with Gasteiger partial charge in [0.05, 0.1) is 17.8 Å². The minimum absolute atomic E-state index is 0.165. The highest BCUT2D eigenvalue weighted by molar-refractivity contribution is 6.04. The Morgan fingerprint density at radius 3 is 2.24 bits per heavy atom. The van der Waals surface area contributed by atoms with Gasteiger partial charge in [0.2, 0.25) is 11.8 Å². The van der Waals surface area contributed by atoms with Gasteiger partial charge in [0.15, 0.2) is 5.75 Å². The maximum absolute atomic E-state index is 13.4. The number of anilines is 1. The van der Waals surface area contributed by atoms with E-state index in [1.807, 2.05) is 5.32 Å². The van der Waals surface area contributed by atoms with E-state index < -0.39 is 72.4 Å². The zero-order valence-corrected chi connectivity index (χ0v) is 17.8. The maximum Gasteiger partial charge on any atom is 0.455 e. The summed E-state index contributed by atoms with van der Waals surface area (Å²) in [6, 6.07) is 0.473. The number of nitrogens with zero attached hydrogens (tertiary/aromatic N) is 1. The zero-order chi connectivity index (χ0) is 26.2. The number of halogens is 8. The molecular formula is C19H19F8N3O4. The molecule has 190 valence electrons. The lowest BCUT2D eigenvalue weighted by Crippen LogP contribution is -2.53. The van der Waals surface area contributed by atoms with Crippen molar-refractivity contribution in [3.8, 4) is 5.75 Å². The van der Waals surface area contributed by atoms with Crippen molar-refractivity contribution in [3.05, 3.63) is 23.3 Å². The van der Waals surface area contributed by atoms with Crippen molar-refractivity contribution in [3.63, 3.8) is 0 Å². The molecule has 1 aromatic rings. The second kappa shape index (κ2) is 9.25. The minimum atomic E-state index is -5.93. The van der Waals surface area contributed by atoms with E-state index in [1.165, 1.54) is 18.3 Å². The minimum Gasteiger partial charge on any atom is -0.488 e. The van der Waals surface area contributed by atoms with Crippen LogP contribution in [0.25, 0.3) is 0 Å². The lowest BCUT2D eigenvalue weighted by atomic mass is 10.1. The summed E-state index contributed by atoms with van der Waals surface area (Å²) in [7, 11) is 1.13. The van der Waals surface area contributed by atoms with Crippen molar-refractivity contribution in [2.45, 2.75) is 38.2 Å². The Kier molecular flexibility index (Phi) is 7.38. The Morgan fingerprint density at radius 1 is 1.12 bits per heavy atom. The molecular weight excluding hydrogens is 486 g/mol. The van der Waals surface area contributed by atoms with Gasteiger partial charge in [-0.25, -0.2) is 0 Å². The summed E-state index contributed by atoms with van der Waals surface area (Å²) < 4.78 is 108. The molecule has 1 heterocycles. The number of carbonyl (C=O) groups excluding carboxylic acids is 3. The fourth-order valence-corrected chi connectivity index (χ4v) is 2.93. The van der Waals surface area contributed by atoms with Gasteiger partial charge in [-0.2, -0.15) is 35.1 Å². The third-order valence-corrected chi connectivity index (χ3v) is 4.91. The largest absolute Gasteiger partial charge is 0.488 e. The Labute approximate surface area is 187 Å². The summed E-state index contributed by atoms with van der Waals surface area (Å²) in [5.41, 5.74) is -1.22. The molecule has 15 heteroatoms. The molecule has 0 aliphatic carbocycles. The van der Waals surface area contributed by atoms with Gasteiger partial charge in [0.25, 0.3) is 5.91 Å². The molecule has 2 rings (SSSR count). The first-order chi connectivity index (χ1) is 15.4. The molecule has 0 spiro atoms. The van der Waals surface area contributed by atoms with Gasteiger partial charge in [-0.05, 0) is 31.5 Å². The van der Waals surface area contributed by atoms with E-state index in [0.29, 0.717) is 0 Å². The van der Waals surface area contributed by atoms with Crippen LogP contribution in [0.2, 0.25) is 0 Å². The monoisotopic (exact) mass is 505 g/mol. The van der Waals surface area contributed by atoms with Gasteiger partial charge in [0, 0.05) is 7.05 Å². The van der Waals surface area contributed by atoms with Crippen molar-refractivity contribution >= 4 is 23.4 Å². The number of nitrogens with one attached hydrogen (secondary N) is 2. The standard InChI is InChI=1S/C19H19F8N3O4/c1-8-4-10(18(22,23)24)13-12(5-8)30(3)16(33)11(6-34-13)29-15(32)9(2)14(31)28-7-17(20,21)19(25,26)27/h4-5,9,11H,6-7H2,1-3H3,(H,28,31)(H,29,32)/t9?,11-/m0/s1. The van der Waals surface area contributed by atoms with Gasteiger partial charge in [-0.3, -0.25) is 14.4 Å². The number of benzene rings is 1. The molecule has 0 fully saturated rings. The van der Waals surface area contributed by atoms with Crippen LogP contribution in [-0.2, 0) is 20.6 Å². The van der Waals surface area contributed by atoms with Gasteiger partial charge in [-0.15, -0.1) is 0 Å². The first-order valence-electron chi connectivity index (χ1n) is 9.51. The molecule has 0 aromatic heterocycles. The van der Waals surface area contributed by atoms with E-state index in [9.17, 15) is 49.5 Å². The summed E-state index contributed by atoms with van der Waals surface area (Å²) in [4.78, 5) is 37.7. The number of hydrogen-bond donors (Lipinski definition) is 2. The average Bonchev–Trinajstić information content (AvgIpc) is 2.81. The first-order valence-corrected chi connectivity index (χ1v) is 9.51. The maximum atomic E-state index is 13.4. The number of fused-ring (bicyclic) bond motifs is 1. The number of carbonyl (C=O) groups is 3. The molecule has 7 nitrogen and oxygen atoms in total. The third-order valence-electron chi connectivity index (χ3n) is 4.91. The summed E-state index contributed by atoms with van der Waals surface area (Å²) in [6.45, 7) is -0.646. The number of alkyl halides is 8. The van der Waals surface area contributed by atoms with Crippen LogP contribution in [0, 0.1) is 12.8 Å². The van der Waals surface area contributed by atoms with Crippen molar-refractivity contribution in [1.29, 1.82) is 0 Å². The molecule has 1 aromatic carbocycles. The van der Waals surface area contributed by atoms with Crippen LogP contribution in [0.4, 0.5) is 40.8 Å². The third kappa shape index (κ3) is 5.67.